The Morgan fingerprint density at radius 1 is 1.53 bits per heavy atom. The van der Waals surface area contributed by atoms with Gasteiger partial charge in [-0.1, -0.05) is 6.07 Å². The number of aliphatic carboxylic acids is 1. The highest BCUT2D eigenvalue weighted by Gasteiger charge is 2.22. The van der Waals surface area contributed by atoms with Gasteiger partial charge in [0, 0.05) is 0 Å². The number of halogens is 2. The number of hydrogen-bond acceptors (Lipinski definition) is 2. The second-order valence-electron chi connectivity index (χ2n) is 3.38. The van der Waals surface area contributed by atoms with Gasteiger partial charge in [-0.25, -0.2) is 4.39 Å². The summed E-state index contributed by atoms with van der Waals surface area (Å²) in [5.74, 6) is -1.36. The highest BCUT2D eigenvalue weighted by atomic mass is 79.9. The van der Waals surface area contributed by atoms with E-state index in [1.807, 2.05) is 0 Å². The normalized spacial score (nSPS) is 12.9. The molecule has 0 heterocycles. The molecule has 0 fully saturated rings. The van der Waals surface area contributed by atoms with E-state index in [0.717, 1.165) is 0 Å². The van der Waals surface area contributed by atoms with E-state index >= 15 is 0 Å². The van der Waals surface area contributed by atoms with E-state index in [2.05, 4.69) is 15.9 Å². The zero-order chi connectivity index (χ0) is 11.6. The Labute approximate surface area is 95.6 Å². The first-order chi connectivity index (χ1) is 6.93. The molecule has 1 rings (SSSR count). The zero-order valence-corrected chi connectivity index (χ0v) is 9.95. The topological polar surface area (TPSA) is 40.5 Å². The molecule has 5 heteroatoms. The summed E-state index contributed by atoms with van der Waals surface area (Å²) in [5.41, 5.74) is 0.542. The Morgan fingerprint density at radius 2 is 2.13 bits per heavy atom. The summed E-state index contributed by atoms with van der Waals surface area (Å²) in [6.07, 6.45) is 0. The molecule has 0 aliphatic heterocycles. The second kappa shape index (κ2) is 4.72. The molecule has 0 unspecified atom stereocenters. The maximum absolute atomic E-state index is 13.0. The molecular weight excluding hydrogens is 265 g/mol. The molecule has 0 spiro atoms. The van der Waals surface area contributed by atoms with Crippen LogP contribution < -0.4 is 0 Å². The lowest BCUT2D eigenvalue weighted by Crippen LogP contribution is -2.27. The van der Waals surface area contributed by atoms with E-state index in [9.17, 15) is 9.18 Å². The Bertz CT molecular complexity index is 382. The van der Waals surface area contributed by atoms with Crippen LogP contribution in [0.3, 0.4) is 0 Å². The van der Waals surface area contributed by atoms with Crippen molar-refractivity contribution in [2.75, 3.05) is 14.1 Å². The number of carbonyl (C=O) groups is 1. The quantitative estimate of drug-likeness (QED) is 0.920. The molecule has 0 radical (unpaired) electrons. The number of nitrogens with zero attached hydrogens (tertiary/aromatic N) is 1. The Balaban J connectivity index is 3.12. The first-order valence-corrected chi connectivity index (χ1v) is 5.07. The molecule has 3 nitrogen and oxygen atoms in total. The van der Waals surface area contributed by atoms with Gasteiger partial charge in [-0.3, -0.25) is 9.69 Å². The van der Waals surface area contributed by atoms with E-state index in [-0.39, 0.29) is 4.47 Å². The van der Waals surface area contributed by atoms with Gasteiger partial charge in [0.15, 0.2) is 0 Å². The third-order valence-electron chi connectivity index (χ3n) is 2.01. The lowest BCUT2D eigenvalue weighted by Gasteiger charge is -2.20. The Morgan fingerprint density at radius 3 is 2.53 bits per heavy atom. The molecule has 1 aromatic rings. The maximum atomic E-state index is 13.0. The highest BCUT2D eigenvalue weighted by molar-refractivity contribution is 9.10. The van der Waals surface area contributed by atoms with Crippen molar-refractivity contribution < 1.29 is 14.3 Å². The molecule has 0 aromatic heterocycles. The fourth-order valence-electron chi connectivity index (χ4n) is 1.34. The third-order valence-corrected chi connectivity index (χ3v) is 2.62. The van der Waals surface area contributed by atoms with E-state index < -0.39 is 17.8 Å². The molecule has 1 atom stereocenters. The van der Waals surface area contributed by atoms with E-state index in [4.69, 9.17) is 5.11 Å². The van der Waals surface area contributed by atoms with E-state index in [0.29, 0.717) is 5.56 Å². The minimum absolute atomic E-state index is 0.271. The van der Waals surface area contributed by atoms with Crippen molar-refractivity contribution in [3.05, 3.63) is 34.1 Å². The standard InChI is InChI=1S/C10H11BrFNO2/c1-13(2)9(10(14)15)6-3-4-8(12)7(11)5-6/h3-5,9H,1-2H3,(H,14,15)/t9-/m0/s1. The van der Waals surface area contributed by atoms with Crippen molar-refractivity contribution in [2.24, 2.45) is 0 Å². The summed E-state index contributed by atoms with van der Waals surface area (Å²) in [6.45, 7) is 0. The van der Waals surface area contributed by atoms with Gasteiger partial charge in [-0.05, 0) is 47.7 Å². The van der Waals surface area contributed by atoms with E-state index in [1.54, 1.807) is 19.0 Å². The van der Waals surface area contributed by atoms with Gasteiger partial charge >= 0.3 is 5.97 Å². The summed E-state index contributed by atoms with van der Waals surface area (Å²) >= 11 is 3.03. The predicted molar refractivity (Wildman–Crippen MR) is 58.2 cm³/mol. The minimum atomic E-state index is -0.960. The number of likely N-dealkylation sites (N-methyl/N-ethyl adjacent to an activating group) is 1. The summed E-state index contributed by atoms with van der Waals surface area (Å²) < 4.78 is 13.2. The summed E-state index contributed by atoms with van der Waals surface area (Å²) in [7, 11) is 3.33. The van der Waals surface area contributed by atoms with Crippen LogP contribution in [0.15, 0.2) is 22.7 Å². The Kier molecular flexibility index (Phi) is 3.82. The van der Waals surface area contributed by atoms with Crippen LogP contribution >= 0.6 is 15.9 Å². The number of benzene rings is 1. The minimum Gasteiger partial charge on any atom is -0.480 e. The van der Waals surface area contributed by atoms with E-state index in [1.165, 1.54) is 18.2 Å². The van der Waals surface area contributed by atoms with Crippen LogP contribution in [0, 0.1) is 5.82 Å². The lowest BCUT2D eigenvalue weighted by atomic mass is 10.1. The van der Waals surface area contributed by atoms with Crippen molar-refractivity contribution in [2.45, 2.75) is 6.04 Å². The number of hydrogen-bond donors (Lipinski definition) is 1. The molecule has 0 saturated heterocycles. The number of carboxylic acids is 1. The molecule has 0 bridgehead atoms. The van der Waals surface area contributed by atoms with Crippen LogP contribution in [-0.2, 0) is 4.79 Å². The van der Waals surface area contributed by atoms with Gasteiger partial charge in [-0.15, -0.1) is 0 Å². The summed E-state index contributed by atoms with van der Waals surface area (Å²) in [6, 6.07) is 3.44. The van der Waals surface area contributed by atoms with Gasteiger partial charge in [0.1, 0.15) is 11.9 Å². The average Bonchev–Trinajstić information content (AvgIpc) is 2.10. The fraction of sp³-hybridized carbons (Fsp3) is 0.300. The predicted octanol–water partition coefficient (Wildman–Crippen LogP) is 2.28. The largest absolute Gasteiger partial charge is 0.480 e. The smallest absolute Gasteiger partial charge is 0.325 e. The molecule has 0 amide bonds. The Hall–Kier alpha value is -0.940. The molecule has 1 N–H and O–H groups in total. The first-order valence-electron chi connectivity index (χ1n) is 4.27. The van der Waals surface area contributed by atoms with Gasteiger partial charge in [0.2, 0.25) is 0 Å². The first kappa shape index (κ1) is 12.1. The lowest BCUT2D eigenvalue weighted by molar-refractivity contribution is -0.142. The summed E-state index contributed by atoms with van der Waals surface area (Å²) in [5, 5.41) is 9.01. The maximum Gasteiger partial charge on any atom is 0.325 e. The van der Waals surface area contributed by atoms with Crippen LogP contribution in [-0.4, -0.2) is 30.1 Å². The van der Waals surface area contributed by atoms with Crippen molar-refractivity contribution in [3.63, 3.8) is 0 Å². The van der Waals surface area contributed by atoms with Gasteiger partial charge in [0.05, 0.1) is 4.47 Å². The van der Waals surface area contributed by atoms with Gasteiger partial charge in [0.25, 0.3) is 0 Å². The van der Waals surface area contributed by atoms with Crippen LogP contribution in [0.5, 0.6) is 0 Å². The molecule has 1 aromatic carbocycles. The molecular formula is C10H11BrFNO2. The van der Waals surface area contributed by atoms with Gasteiger partial charge < -0.3 is 5.11 Å². The van der Waals surface area contributed by atoms with Crippen molar-refractivity contribution in [1.29, 1.82) is 0 Å². The second-order valence-corrected chi connectivity index (χ2v) is 4.23. The van der Waals surface area contributed by atoms with Crippen LogP contribution in [0.1, 0.15) is 11.6 Å². The zero-order valence-electron chi connectivity index (χ0n) is 8.37. The number of rotatable bonds is 3. The SMILES string of the molecule is CN(C)[C@H](C(=O)O)c1ccc(F)c(Br)c1. The van der Waals surface area contributed by atoms with Crippen LogP contribution in [0.4, 0.5) is 4.39 Å². The average molecular weight is 276 g/mol. The molecule has 0 saturated carbocycles. The molecule has 0 aliphatic rings. The van der Waals surface area contributed by atoms with Gasteiger partial charge in [-0.2, -0.15) is 0 Å². The molecule has 82 valence electrons. The van der Waals surface area contributed by atoms with Crippen molar-refractivity contribution in [1.82, 2.24) is 4.90 Å². The van der Waals surface area contributed by atoms with Crippen molar-refractivity contribution >= 4 is 21.9 Å². The highest BCUT2D eigenvalue weighted by Crippen LogP contribution is 2.24. The molecule has 15 heavy (non-hydrogen) atoms. The van der Waals surface area contributed by atoms with Crippen molar-refractivity contribution in [3.8, 4) is 0 Å². The fourth-order valence-corrected chi connectivity index (χ4v) is 1.74. The summed E-state index contributed by atoms with van der Waals surface area (Å²) in [4.78, 5) is 12.5. The third kappa shape index (κ3) is 2.76. The molecule has 0 aliphatic carbocycles. The number of carboxylic acid groups (broad SMARTS) is 1. The van der Waals surface area contributed by atoms with Crippen LogP contribution in [0.2, 0.25) is 0 Å². The van der Waals surface area contributed by atoms with Crippen LogP contribution in [0.25, 0.3) is 0 Å². The monoisotopic (exact) mass is 275 g/mol.